The molecule has 2 saturated carbocycles. The molecular weight excluding hydrogens is 377 g/mol. The molecule has 116 valence electrons. The molecule has 2 N–H and O–H groups in total. The van der Waals surface area contributed by atoms with E-state index in [0.29, 0.717) is 11.7 Å². The van der Waals surface area contributed by atoms with Gasteiger partial charge in [0.15, 0.2) is 5.82 Å². The zero-order chi connectivity index (χ0) is 14.9. The molecule has 0 unspecified atom stereocenters. The van der Waals surface area contributed by atoms with Gasteiger partial charge < -0.3 is 10.5 Å². The Morgan fingerprint density at radius 2 is 1.76 bits per heavy atom. The Hall–Kier alpha value is -0.430. The zero-order valence-electron chi connectivity index (χ0n) is 12.7. The molecule has 0 bridgehead atoms. The predicted octanol–water partition coefficient (Wildman–Crippen LogP) is 4.13. The molecule has 4 nitrogen and oxygen atoms in total. The molecule has 1 heterocycles. The maximum absolute atomic E-state index is 6.20. The van der Waals surface area contributed by atoms with Gasteiger partial charge in [-0.2, -0.15) is 0 Å². The minimum Gasteiger partial charge on any atom is -0.383 e. The van der Waals surface area contributed by atoms with Crippen molar-refractivity contribution in [3.05, 3.63) is 15.1 Å². The fourth-order valence-electron chi connectivity index (χ4n) is 3.80. The van der Waals surface area contributed by atoms with E-state index in [2.05, 4.69) is 27.6 Å². The van der Waals surface area contributed by atoms with Gasteiger partial charge in [-0.05, 0) is 48.3 Å². The van der Waals surface area contributed by atoms with Crippen LogP contribution in [0.15, 0.2) is 0 Å². The summed E-state index contributed by atoms with van der Waals surface area (Å²) in [5.74, 6) is 2.01. The van der Waals surface area contributed by atoms with Crippen LogP contribution < -0.4 is 5.73 Å². The van der Waals surface area contributed by atoms with Gasteiger partial charge in [0.25, 0.3) is 0 Å². The Morgan fingerprint density at radius 1 is 1.10 bits per heavy atom. The summed E-state index contributed by atoms with van der Waals surface area (Å²) >= 11 is 2.31. The van der Waals surface area contributed by atoms with Gasteiger partial charge in [-0.15, -0.1) is 0 Å². The maximum Gasteiger partial charge on any atom is 0.162 e. The lowest BCUT2D eigenvalue weighted by Gasteiger charge is -2.35. The second-order valence-corrected chi connectivity index (χ2v) is 7.45. The average molecular weight is 401 g/mol. The molecule has 5 heteroatoms. The number of hydrogen-bond donors (Lipinski definition) is 1. The number of hydrogen-bond acceptors (Lipinski definition) is 4. The number of aromatic nitrogens is 2. The van der Waals surface area contributed by atoms with Crippen molar-refractivity contribution in [1.29, 1.82) is 0 Å². The van der Waals surface area contributed by atoms with Gasteiger partial charge >= 0.3 is 0 Å². The first-order valence-corrected chi connectivity index (χ1v) is 9.13. The molecule has 0 spiro atoms. The molecule has 0 saturated heterocycles. The number of nitrogens with zero attached hydrogens (tertiary/aromatic N) is 2. The average Bonchev–Trinajstić information content (AvgIpc) is 3.04. The largest absolute Gasteiger partial charge is 0.383 e. The van der Waals surface area contributed by atoms with Crippen LogP contribution in [0.25, 0.3) is 0 Å². The number of ether oxygens (including phenoxy) is 1. The van der Waals surface area contributed by atoms with E-state index < -0.39 is 0 Å². The van der Waals surface area contributed by atoms with Gasteiger partial charge in [0, 0.05) is 13.0 Å². The minimum absolute atomic E-state index is 0.315. The van der Waals surface area contributed by atoms with E-state index in [1.54, 1.807) is 7.11 Å². The first-order chi connectivity index (χ1) is 10.2. The maximum atomic E-state index is 6.20. The third-order valence-corrected chi connectivity index (χ3v) is 6.21. The standard InChI is InChI=1S/C16H24IN3O/c1-21-16(9-5-2-6-10-16)15-19-13(11-7-3-4-8-11)12(17)14(18)20-15/h11H,2-10H2,1H3,(H2,18,19,20). The highest BCUT2D eigenvalue weighted by molar-refractivity contribution is 14.1. The molecule has 3 rings (SSSR count). The van der Waals surface area contributed by atoms with Crippen molar-refractivity contribution < 1.29 is 4.74 Å². The first kappa shape index (κ1) is 15.5. The highest BCUT2D eigenvalue weighted by Gasteiger charge is 2.38. The number of halogens is 1. The third kappa shape index (κ3) is 2.91. The second-order valence-electron chi connectivity index (χ2n) is 6.37. The molecule has 2 fully saturated rings. The topological polar surface area (TPSA) is 61.0 Å². The van der Waals surface area contributed by atoms with Gasteiger partial charge in [0.1, 0.15) is 11.4 Å². The third-order valence-electron chi connectivity index (χ3n) is 5.10. The fraction of sp³-hybridized carbons (Fsp3) is 0.750. The van der Waals surface area contributed by atoms with Gasteiger partial charge in [0.05, 0.1) is 9.26 Å². The molecule has 2 aliphatic rings. The second kappa shape index (κ2) is 6.36. The van der Waals surface area contributed by atoms with Crippen molar-refractivity contribution in [3.63, 3.8) is 0 Å². The van der Waals surface area contributed by atoms with Crippen LogP contribution in [0.3, 0.4) is 0 Å². The smallest absolute Gasteiger partial charge is 0.162 e. The SMILES string of the molecule is COC1(c2nc(N)c(I)c(C3CCCC3)n2)CCCCC1. The summed E-state index contributed by atoms with van der Waals surface area (Å²) < 4.78 is 6.94. The van der Waals surface area contributed by atoms with Gasteiger partial charge in [-0.3, -0.25) is 0 Å². The number of rotatable bonds is 3. The van der Waals surface area contributed by atoms with E-state index >= 15 is 0 Å². The lowest BCUT2D eigenvalue weighted by atomic mass is 9.83. The number of nitrogens with two attached hydrogens (primary N) is 1. The highest BCUT2D eigenvalue weighted by atomic mass is 127. The zero-order valence-corrected chi connectivity index (χ0v) is 14.9. The molecule has 1 aromatic rings. The minimum atomic E-state index is -0.315. The summed E-state index contributed by atoms with van der Waals surface area (Å²) in [6, 6.07) is 0. The molecule has 0 radical (unpaired) electrons. The van der Waals surface area contributed by atoms with E-state index in [4.69, 9.17) is 15.5 Å². The monoisotopic (exact) mass is 401 g/mol. The van der Waals surface area contributed by atoms with E-state index in [1.165, 1.54) is 44.9 Å². The summed E-state index contributed by atoms with van der Waals surface area (Å²) in [6.45, 7) is 0. The Bertz CT molecular complexity index is 508. The summed E-state index contributed by atoms with van der Waals surface area (Å²) in [7, 11) is 1.79. The van der Waals surface area contributed by atoms with E-state index in [1.807, 2.05) is 0 Å². The van der Waals surface area contributed by atoms with Crippen molar-refractivity contribution >= 4 is 28.4 Å². The van der Waals surface area contributed by atoms with Crippen LogP contribution >= 0.6 is 22.6 Å². The molecular formula is C16H24IN3O. The molecule has 0 aromatic carbocycles. The van der Waals surface area contributed by atoms with Gasteiger partial charge in [0.2, 0.25) is 0 Å². The molecule has 1 aromatic heterocycles. The van der Waals surface area contributed by atoms with Crippen LogP contribution in [0.2, 0.25) is 0 Å². The summed E-state index contributed by atoms with van der Waals surface area (Å²) in [5.41, 5.74) is 7.04. The first-order valence-electron chi connectivity index (χ1n) is 8.05. The van der Waals surface area contributed by atoms with Gasteiger partial charge in [-0.1, -0.05) is 32.1 Å². The lowest BCUT2D eigenvalue weighted by Crippen LogP contribution is -2.34. The van der Waals surface area contributed by atoms with Crippen LogP contribution in [-0.4, -0.2) is 17.1 Å². The van der Waals surface area contributed by atoms with E-state index in [-0.39, 0.29) is 5.60 Å². The Labute approximate surface area is 140 Å². The normalized spacial score (nSPS) is 22.6. The molecule has 0 atom stereocenters. The van der Waals surface area contributed by atoms with E-state index in [0.717, 1.165) is 27.9 Å². The van der Waals surface area contributed by atoms with Crippen LogP contribution in [0.4, 0.5) is 5.82 Å². The summed E-state index contributed by atoms with van der Waals surface area (Å²) in [6.07, 6.45) is 10.7. The predicted molar refractivity (Wildman–Crippen MR) is 92.1 cm³/mol. The molecule has 0 aliphatic heterocycles. The van der Waals surface area contributed by atoms with Crippen molar-refractivity contribution in [3.8, 4) is 0 Å². The van der Waals surface area contributed by atoms with Crippen LogP contribution in [0.5, 0.6) is 0 Å². The summed E-state index contributed by atoms with van der Waals surface area (Å²) in [5, 5.41) is 0. The van der Waals surface area contributed by atoms with Crippen molar-refractivity contribution in [2.75, 3.05) is 12.8 Å². The molecule has 0 amide bonds. The number of methoxy groups -OCH3 is 1. The highest BCUT2D eigenvalue weighted by Crippen LogP contribution is 2.41. The van der Waals surface area contributed by atoms with Crippen LogP contribution in [-0.2, 0) is 10.3 Å². The van der Waals surface area contributed by atoms with E-state index in [9.17, 15) is 0 Å². The quantitative estimate of drug-likeness (QED) is 0.774. The Morgan fingerprint density at radius 3 is 2.38 bits per heavy atom. The molecule has 2 aliphatic carbocycles. The van der Waals surface area contributed by atoms with Gasteiger partial charge in [-0.25, -0.2) is 9.97 Å². The number of nitrogen functional groups attached to an aromatic ring is 1. The van der Waals surface area contributed by atoms with Crippen LogP contribution in [0.1, 0.15) is 75.2 Å². The van der Waals surface area contributed by atoms with Crippen molar-refractivity contribution in [1.82, 2.24) is 9.97 Å². The van der Waals surface area contributed by atoms with Crippen molar-refractivity contribution in [2.24, 2.45) is 0 Å². The van der Waals surface area contributed by atoms with Crippen molar-refractivity contribution in [2.45, 2.75) is 69.3 Å². The lowest BCUT2D eigenvalue weighted by molar-refractivity contribution is -0.0516. The number of anilines is 1. The van der Waals surface area contributed by atoms with Crippen LogP contribution in [0, 0.1) is 3.57 Å². The Balaban J connectivity index is 2.01. The fourth-order valence-corrected chi connectivity index (χ4v) is 4.48. The molecule has 21 heavy (non-hydrogen) atoms. The summed E-state index contributed by atoms with van der Waals surface area (Å²) in [4.78, 5) is 9.56. The Kier molecular flexibility index (Phi) is 4.69.